The summed E-state index contributed by atoms with van der Waals surface area (Å²) in [5, 5.41) is 18.1. The minimum atomic E-state index is -0.301. The van der Waals surface area contributed by atoms with Crippen LogP contribution in [0.5, 0.6) is 5.75 Å². The molecule has 0 saturated carbocycles. The molecule has 2 aromatic rings. The summed E-state index contributed by atoms with van der Waals surface area (Å²) < 4.78 is 1.79. The van der Waals surface area contributed by atoms with Crippen LogP contribution >= 0.6 is 11.8 Å². The summed E-state index contributed by atoms with van der Waals surface area (Å²) >= 11 is 1.50. The van der Waals surface area contributed by atoms with Gasteiger partial charge in [0.2, 0.25) is 11.1 Å². The Labute approximate surface area is 149 Å². The van der Waals surface area contributed by atoms with Crippen LogP contribution in [0, 0.1) is 5.92 Å². The number of anilines is 1. The molecular weight excluding hydrogens is 336 g/mol. The van der Waals surface area contributed by atoms with Gasteiger partial charge in [-0.3, -0.25) is 4.79 Å². The lowest BCUT2D eigenvalue weighted by atomic mass is 9.81. The normalized spacial score (nSPS) is 21.8. The Bertz CT molecular complexity index is 856. The molecule has 0 spiro atoms. The average Bonchev–Trinajstić information content (AvgIpc) is 3.01. The molecule has 25 heavy (non-hydrogen) atoms. The predicted molar refractivity (Wildman–Crippen MR) is 96.6 cm³/mol. The summed E-state index contributed by atoms with van der Waals surface area (Å²) in [5.74, 6) is 1.46. The van der Waals surface area contributed by atoms with Crippen LogP contribution in [0.2, 0.25) is 0 Å². The third-order valence-corrected chi connectivity index (χ3v) is 5.28. The highest BCUT2D eigenvalue weighted by molar-refractivity contribution is 7.99. The van der Waals surface area contributed by atoms with E-state index >= 15 is 0 Å². The summed E-state index contributed by atoms with van der Waals surface area (Å²) in [6, 6.07) is 6.69. The van der Waals surface area contributed by atoms with E-state index in [0.29, 0.717) is 17.5 Å². The molecule has 0 unspecified atom stereocenters. The molecule has 4 rings (SSSR count). The monoisotopic (exact) mass is 354 g/mol. The molecule has 7 heteroatoms. The van der Waals surface area contributed by atoms with Crippen LogP contribution in [0.4, 0.5) is 5.95 Å². The fourth-order valence-corrected chi connectivity index (χ4v) is 3.92. The van der Waals surface area contributed by atoms with Gasteiger partial charge in [0.05, 0.1) is 12.0 Å². The standard InChI is InChI=1S/C18H18N4O2S/c1-2-10-25-18-20-17-19-13-4-3-5-14(24)15(13)16(22(17)21-18)11-6-8-12(23)9-7-11/h2,4,6-9,15-16,23H,1,3,5,10H2,(H,19,20,21)/t15-,16-/m1/s1. The van der Waals surface area contributed by atoms with Crippen LogP contribution in [0.15, 0.2) is 53.8 Å². The molecule has 0 amide bonds. The molecule has 1 aliphatic heterocycles. The second-order valence-corrected chi connectivity index (χ2v) is 7.05. The smallest absolute Gasteiger partial charge is 0.227 e. The maximum atomic E-state index is 12.7. The summed E-state index contributed by atoms with van der Waals surface area (Å²) in [6.45, 7) is 3.72. The van der Waals surface area contributed by atoms with Crippen molar-refractivity contribution in [1.82, 2.24) is 14.8 Å². The number of ketones is 1. The van der Waals surface area contributed by atoms with Gasteiger partial charge in [-0.15, -0.1) is 11.7 Å². The molecule has 1 aromatic heterocycles. The largest absolute Gasteiger partial charge is 0.508 e. The van der Waals surface area contributed by atoms with Crippen LogP contribution in [-0.2, 0) is 4.79 Å². The lowest BCUT2D eigenvalue weighted by Crippen LogP contribution is -2.38. The van der Waals surface area contributed by atoms with E-state index in [4.69, 9.17) is 0 Å². The highest BCUT2D eigenvalue weighted by Gasteiger charge is 2.41. The molecule has 6 nitrogen and oxygen atoms in total. The van der Waals surface area contributed by atoms with E-state index in [9.17, 15) is 9.90 Å². The number of phenols is 1. The summed E-state index contributed by atoms with van der Waals surface area (Å²) in [5.41, 5.74) is 1.83. The lowest BCUT2D eigenvalue weighted by molar-refractivity contribution is -0.123. The van der Waals surface area contributed by atoms with Crippen LogP contribution in [0.25, 0.3) is 0 Å². The lowest BCUT2D eigenvalue weighted by Gasteiger charge is -2.36. The minimum absolute atomic E-state index is 0.199. The van der Waals surface area contributed by atoms with Gasteiger partial charge in [0.25, 0.3) is 0 Å². The number of carbonyl (C=O) groups is 1. The molecule has 2 N–H and O–H groups in total. The van der Waals surface area contributed by atoms with E-state index in [-0.39, 0.29) is 23.5 Å². The van der Waals surface area contributed by atoms with Crippen molar-refractivity contribution < 1.29 is 9.90 Å². The molecule has 128 valence electrons. The number of hydrogen-bond donors (Lipinski definition) is 2. The molecular formula is C18H18N4O2S. The maximum absolute atomic E-state index is 12.7. The number of carbonyl (C=O) groups excluding carboxylic acids is 1. The first-order valence-electron chi connectivity index (χ1n) is 8.16. The Morgan fingerprint density at radius 2 is 2.20 bits per heavy atom. The first-order valence-corrected chi connectivity index (χ1v) is 9.15. The van der Waals surface area contributed by atoms with Crippen LogP contribution < -0.4 is 5.32 Å². The molecule has 2 aliphatic rings. The van der Waals surface area contributed by atoms with Crippen molar-refractivity contribution in [1.29, 1.82) is 0 Å². The number of fused-ring (bicyclic) bond motifs is 2. The molecule has 0 radical (unpaired) electrons. The fourth-order valence-electron chi connectivity index (χ4n) is 3.35. The first-order chi connectivity index (χ1) is 12.2. The number of nitrogens with one attached hydrogen (secondary N) is 1. The number of benzene rings is 1. The first kappa shape index (κ1) is 16.0. The van der Waals surface area contributed by atoms with E-state index in [1.807, 2.05) is 12.1 Å². The van der Waals surface area contributed by atoms with E-state index in [1.165, 1.54) is 11.8 Å². The van der Waals surface area contributed by atoms with Crippen LogP contribution in [0.3, 0.4) is 0 Å². The molecule has 2 heterocycles. The highest BCUT2D eigenvalue weighted by atomic mass is 32.2. The summed E-state index contributed by atoms with van der Waals surface area (Å²) in [4.78, 5) is 17.2. The Morgan fingerprint density at radius 1 is 1.40 bits per heavy atom. The number of hydrogen-bond acceptors (Lipinski definition) is 6. The van der Waals surface area contributed by atoms with Gasteiger partial charge >= 0.3 is 0 Å². The Morgan fingerprint density at radius 3 is 2.96 bits per heavy atom. The number of Topliss-reactive ketones (excluding diaryl/α,β-unsaturated/α-hetero) is 1. The molecule has 1 aromatic carbocycles. The van der Waals surface area contributed by atoms with Gasteiger partial charge in [0, 0.05) is 17.9 Å². The Balaban J connectivity index is 1.82. The molecule has 0 bridgehead atoms. The third kappa shape index (κ3) is 2.84. The van der Waals surface area contributed by atoms with Crippen molar-refractivity contribution in [3.05, 3.63) is 54.3 Å². The molecule has 2 atom stereocenters. The minimum Gasteiger partial charge on any atom is -0.508 e. The van der Waals surface area contributed by atoms with Gasteiger partial charge in [0.15, 0.2) is 0 Å². The average molecular weight is 354 g/mol. The summed E-state index contributed by atoms with van der Waals surface area (Å²) in [6.07, 6.45) is 5.16. The van der Waals surface area contributed by atoms with Crippen molar-refractivity contribution in [3.63, 3.8) is 0 Å². The molecule has 0 saturated heterocycles. The third-order valence-electron chi connectivity index (χ3n) is 4.45. The predicted octanol–water partition coefficient (Wildman–Crippen LogP) is 3.14. The SMILES string of the molecule is C=CCSc1nc2n(n1)[C@H](c1ccc(O)cc1)[C@H]1C(=O)CCC=C1N2. The molecule has 0 fully saturated rings. The van der Waals surface area contributed by atoms with Crippen molar-refractivity contribution in [3.8, 4) is 5.75 Å². The number of thioether (sulfide) groups is 1. The topological polar surface area (TPSA) is 80.0 Å². The summed E-state index contributed by atoms with van der Waals surface area (Å²) in [7, 11) is 0. The van der Waals surface area contributed by atoms with Gasteiger partial charge in [0.1, 0.15) is 11.5 Å². The van der Waals surface area contributed by atoms with Crippen molar-refractivity contribution >= 4 is 23.5 Å². The zero-order valence-corrected chi connectivity index (χ0v) is 14.4. The Kier molecular flexibility index (Phi) is 4.09. The Hall–Kier alpha value is -2.54. The second kappa shape index (κ2) is 6.40. The number of nitrogens with zero attached hydrogens (tertiary/aromatic N) is 3. The maximum Gasteiger partial charge on any atom is 0.227 e. The number of aromatic nitrogens is 3. The quantitative estimate of drug-likeness (QED) is 0.649. The van der Waals surface area contributed by atoms with E-state index in [2.05, 4.69) is 28.1 Å². The van der Waals surface area contributed by atoms with Gasteiger partial charge in [-0.05, 0) is 24.1 Å². The van der Waals surface area contributed by atoms with E-state index < -0.39 is 0 Å². The number of rotatable bonds is 4. The zero-order chi connectivity index (χ0) is 17.4. The van der Waals surface area contributed by atoms with E-state index in [0.717, 1.165) is 23.4 Å². The molecule has 1 aliphatic carbocycles. The van der Waals surface area contributed by atoms with Crippen molar-refractivity contribution in [2.45, 2.75) is 24.0 Å². The van der Waals surface area contributed by atoms with E-state index in [1.54, 1.807) is 22.9 Å². The number of phenolic OH excluding ortho intramolecular Hbond substituents is 1. The van der Waals surface area contributed by atoms with Gasteiger partial charge in [-0.2, -0.15) is 4.98 Å². The van der Waals surface area contributed by atoms with Gasteiger partial charge in [-0.25, -0.2) is 4.68 Å². The van der Waals surface area contributed by atoms with Crippen LogP contribution in [0.1, 0.15) is 24.4 Å². The number of aromatic hydroxyl groups is 1. The van der Waals surface area contributed by atoms with Crippen molar-refractivity contribution in [2.75, 3.05) is 11.1 Å². The fraction of sp³-hybridized carbons (Fsp3) is 0.278. The number of allylic oxidation sites excluding steroid dienone is 2. The van der Waals surface area contributed by atoms with Gasteiger partial charge < -0.3 is 10.4 Å². The van der Waals surface area contributed by atoms with Crippen LogP contribution in [-0.4, -0.2) is 31.4 Å². The zero-order valence-electron chi connectivity index (χ0n) is 13.6. The highest BCUT2D eigenvalue weighted by Crippen LogP contribution is 2.42. The second-order valence-electron chi connectivity index (χ2n) is 6.07. The van der Waals surface area contributed by atoms with Gasteiger partial charge in [-0.1, -0.05) is 36.0 Å². The van der Waals surface area contributed by atoms with Crippen molar-refractivity contribution in [2.24, 2.45) is 5.92 Å².